The standard InChI is InChI=1S/C13H18O2/c1-11-5-7-13(10-15,12(2)9-11)6-3-4-8-14/h3-4,8-10,12H,5-7H2,1-2H3. The van der Waals surface area contributed by atoms with E-state index in [1.165, 1.54) is 11.6 Å². The van der Waals surface area contributed by atoms with Crippen LogP contribution in [0.25, 0.3) is 0 Å². The molecule has 2 atom stereocenters. The first-order valence-electron chi connectivity index (χ1n) is 5.38. The molecule has 0 N–H and O–H groups in total. The maximum atomic E-state index is 11.2. The second-order valence-corrected chi connectivity index (χ2v) is 4.42. The van der Waals surface area contributed by atoms with E-state index >= 15 is 0 Å². The number of aldehydes is 2. The van der Waals surface area contributed by atoms with Crippen molar-refractivity contribution in [2.75, 3.05) is 0 Å². The van der Waals surface area contributed by atoms with Gasteiger partial charge in [0.05, 0.1) is 0 Å². The van der Waals surface area contributed by atoms with Crippen LogP contribution in [0.4, 0.5) is 0 Å². The van der Waals surface area contributed by atoms with Crippen LogP contribution < -0.4 is 0 Å². The molecule has 0 spiro atoms. The zero-order valence-corrected chi connectivity index (χ0v) is 9.40. The number of hydrogen-bond acceptors (Lipinski definition) is 2. The van der Waals surface area contributed by atoms with Gasteiger partial charge in [0.15, 0.2) is 0 Å². The van der Waals surface area contributed by atoms with Crippen molar-refractivity contribution in [2.24, 2.45) is 11.3 Å². The van der Waals surface area contributed by atoms with Gasteiger partial charge >= 0.3 is 0 Å². The third-order valence-corrected chi connectivity index (χ3v) is 3.37. The molecule has 2 heteroatoms. The first-order chi connectivity index (χ1) is 7.14. The molecular formula is C13H18O2. The Balaban J connectivity index is 2.81. The summed E-state index contributed by atoms with van der Waals surface area (Å²) in [5.74, 6) is 0.264. The number of allylic oxidation sites excluding steroid dienone is 4. The van der Waals surface area contributed by atoms with Gasteiger partial charge < -0.3 is 4.79 Å². The Kier molecular flexibility index (Phi) is 4.01. The Bertz CT molecular complexity index is 302. The second kappa shape index (κ2) is 5.06. The summed E-state index contributed by atoms with van der Waals surface area (Å²) in [6.07, 6.45) is 9.81. The van der Waals surface area contributed by atoms with Gasteiger partial charge in [-0.1, -0.05) is 24.6 Å². The van der Waals surface area contributed by atoms with Crippen LogP contribution in [0.15, 0.2) is 23.8 Å². The van der Waals surface area contributed by atoms with E-state index in [1.54, 1.807) is 6.08 Å². The van der Waals surface area contributed by atoms with Crippen molar-refractivity contribution in [2.45, 2.75) is 33.1 Å². The SMILES string of the molecule is CC1=CC(C)C(C=O)(CC=CC=O)CC1. The van der Waals surface area contributed by atoms with Crippen LogP contribution in [0.1, 0.15) is 33.1 Å². The summed E-state index contributed by atoms with van der Waals surface area (Å²) in [4.78, 5) is 21.4. The molecule has 0 aromatic heterocycles. The van der Waals surface area contributed by atoms with E-state index in [1.807, 2.05) is 0 Å². The van der Waals surface area contributed by atoms with E-state index < -0.39 is 0 Å². The Morgan fingerprint density at radius 3 is 2.80 bits per heavy atom. The smallest absolute Gasteiger partial charge is 0.142 e. The molecule has 1 aliphatic carbocycles. The van der Waals surface area contributed by atoms with Crippen LogP contribution in [-0.2, 0) is 9.59 Å². The molecule has 0 bridgehead atoms. The Morgan fingerprint density at radius 2 is 2.27 bits per heavy atom. The molecule has 0 saturated heterocycles. The van der Waals surface area contributed by atoms with E-state index in [9.17, 15) is 9.59 Å². The van der Waals surface area contributed by atoms with Crippen molar-refractivity contribution in [1.29, 1.82) is 0 Å². The quantitative estimate of drug-likeness (QED) is 0.402. The van der Waals surface area contributed by atoms with Gasteiger partial charge in [0.25, 0.3) is 0 Å². The lowest BCUT2D eigenvalue weighted by atomic mass is 9.67. The maximum absolute atomic E-state index is 11.2. The number of carbonyl (C=O) groups is 2. The van der Waals surface area contributed by atoms with Gasteiger partial charge in [-0.3, -0.25) is 4.79 Å². The minimum absolute atomic E-state index is 0.264. The summed E-state index contributed by atoms with van der Waals surface area (Å²) < 4.78 is 0. The summed E-state index contributed by atoms with van der Waals surface area (Å²) in [6, 6.07) is 0. The van der Waals surface area contributed by atoms with Crippen LogP contribution in [0.5, 0.6) is 0 Å². The van der Waals surface area contributed by atoms with E-state index in [-0.39, 0.29) is 11.3 Å². The lowest BCUT2D eigenvalue weighted by molar-refractivity contribution is -0.118. The van der Waals surface area contributed by atoms with E-state index in [4.69, 9.17) is 0 Å². The minimum Gasteiger partial charge on any atom is -0.303 e. The Hall–Kier alpha value is -1.18. The molecule has 0 amide bonds. The second-order valence-electron chi connectivity index (χ2n) is 4.42. The molecule has 0 saturated carbocycles. The summed E-state index contributed by atoms with van der Waals surface area (Å²) in [5.41, 5.74) is 1.07. The normalized spacial score (nSPS) is 31.3. The number of rotatable bonds is 4. The molecule has 15 heavy (non-hydrogen) atoms. The largest absolute Gasteiger partial charge is 0.303 e. The fourth-order valence-electron chi connectivity index (χ4n) is 2.18. The Morgan fingerprint density at radius 1 is 1.53 bits per heavy atom. The lowest BCUT2D eigenvalue weighted by Crippen LogP contribution is -2.31. The van der Waals surface area contributed by atoms with Crippen molar-refractivity contribution in [1.82, 2.24) is 0 Å². The molecule has 0 aromatic rings. The highest BCUT2D eigenvalue weighted by molar-refractivity contribution is 5.66. The van der Waals surface area contributed by atoms with Crippen LogP contribution >= 0.6 is 0 Å². The number of hydrogen-bond donors (Lipinski definition) is 0. The van der Waals surface area contributed by atoms with Crippen molar-refractivity contribution in [3.8, 4) is 0 Å². The van der Waals surface area contributed by atoms with E-state index in [2.05, 4.69) is 19.9 Å². The van der Waals surface area contributed by atoms with Gasteiger partial charge in [0.1, 0.15) is 12.6 Å². The van der Waals surface area contributed by atoms with Crippen molar-refractivity contribution >= 4 is 12.6 Å². The monoisotopic (exact) mass is 206 g/mol. The third-order valence-electron chi connectivity index (χ3n) is 3.37. The van der Waals surface area contributed by atoms with Crippen LogP contribution in [0.2, 0.25) is 0 Å². The molecule has 0 heterocycles. The van der Waals surface area contributed by atoms with Gasteiger partial charge in [0.2, 0.25) is 0 Å². The Labute approximate surface area is 91.1 Å². The van der Waals surface area contributed by atoms with Gasteiger partial charge in [0, 0.05) is 5.41 Å². The highest BCUT2D eigenvalue weighted by atomic mass is 16.1. The summed E-state index contributed by atoms with van der Waals surface area (Å²) in [7, 11) is 0. The molecule has 0 fully saturated rings. The zero-order chi connectivity index (χ0) is 11.3. The first kappa shape index (κ1) is 11.9. The molecule has 1 aliphatic rings. The van der Waals surface area contributed by atoms with Gasteiger partial charge in [-0.2, -0.15) is 0 Å². The summed E-state index contributed by atoms with van der Waals surface area (Å²) in [6.45, 7) is 4.18. The molecule has 0 aliphatic heterocycles. The molecular weight excluding hydrogens is 188 g/mol. The van der Waals surface area contributed by atoms with Gasteiger partial charge in [-0.15, -0.1) is 0 Å². The van der Waals surface area contributed by atoms with Crippen molar-refractivity contribution in [3.05, 3.63) is 23.8 Å². The highest BCUT2D eigenvalue weighted by Gasteiger charge is 2.35. The van der Waals surface area contributed by atoms with Gasteiger partial charge in [-0.05, 0) is 38.2 Å². The lowest BCUT2D eigenvalue weighted by Gasteiger charge is -2.35. The molecule has 82 valence electrons. The molecule has 2 unspecified atom stereocenters. The van der Waals surface area contributed by atoms with Crippen LogP contribution in [0, 0.1) is 11.3 Å². The summed E-state index contributed by atoms with van der Waals surface area (Å²) >= 11 is 0. The zero-order valence-electron chi connectivity index (χ0n) is 9.40. The predicted octanol–water partition coefficient (Wildman–Crippen LogP) is 2.69. The van der Waals surface area contributed by atoms with Crippen LogP contribution in [-0.4, -0.2) is 12.6 Å². The van der Waals surface area contributed by atoms with E-state index in [0.29, 0.717) is 6.42 Å². The van der Waals surface area contributed by atoms with Crippen LogP contribution in [0.3, 0.4) is 0 Å². The first-order valence-corrected chi connectivity index (χ1v) is 5.38. The van der Waals surface area contributed by atoms with Gasteiger partial charge in [-0.25, -0.2) is 0 Å². The topological polar surface area (TPSA) is 34.1 Å². The minimum atomic E-state index is -0.293. The molecule has 0 radical (unpaired) electrons. The number of carbonyl (C=O) groups excluding carboxylic acids is 2. The fraction of sp³-hybridized carbons (Fsp3) is 0.538. The molecule has 1 rings (SSSR count). The third kappa shape index (κ3) is 2.65. The molecule has 0 aromatic carbocycles. The maximum Gasteiger partial charge on any atom is 0.142 e. The molecule has 2 nitrogen and oxygen atoms in total. The highest BCUT2D eigenvalue weighted by Crippen LogP contribution is 2.41. The average Bonchev–Trinajstić information content (AvgIpc) is 2.22. The van der Waals surface area contributed by atoms with Crippen molar-refractivity contribution < 1.29 is 9.59 Å². The predicted molar refractivity (Wildman–Crippen MR) is 60.5 cm³/mol. The average molecular weight is 206 g/mol. The van der Waals surface area contributed by atoms with E-state index in [0.717, 1.165) is 25.4 Å². The summed E-state index contributed by atoms with van der Waals surface area (Å²) in [5, 5.41) is 0. The fourth-order valence-corrected chi connectivity index (χ4v) is 2.18. The van der Waals surface area contributed by atoms with Crippen molar-refractivity contribution in [3.63, 3.8) is 0 Å².